The number of halogens is 1. The minimum atomic E-state index is 0.130. The molecule has 0 aliphatic heterocycles. The van der Waals surface area contributed by atoms with Gasteiger partial charge in [0, 0.05) is 28.4 Å². The van der Waals surface area contributed by atoms with Crippen molar-refractivity contribution in [2.75, 3.05) is 0 Å². The molecule has 4 heteroatoms. The lowest BCUT2D eigenvalue weighted by molar-refractivity contribution is 0.425. The number of nitrogens with zero attached hydrogens (tertiary/aromatic N) is 1. The van der Waals surface area contributed by atoms with Gasteiger partial charge in [-0.15, -0.1) is 11.3 Å². The molecule has 0 saturated heterocycles. The molecular weight excluding hydrogens is 300 g/mol. The van der Waals surface area contributed by atoms with Crippen molar-refractivity contribution in [2.45, 2.75) is 52.6 Å². The SMILES string of the molecule is CCc1nc(Cc2ccc(Cl)cc2)sc1CNC(C)(C)C. The fourth-order valence-corrected chi connectivity index (χ4v) is 3.31. The van der Waals surface area contributed by atoms with Gasteiger partial charge in [0.15, 0.2) is 0 Å². The lowest BCUT2D eigenvalue weighted by Gasteiger charge is -2.20. The number of thiazole rings is 1. The zero-order valence-corrected chi connectivity index (χ0v) is 14.7. The molecule has 1 aromatic carbocycles. The maximum Gasteiger partial charge on any atom is 0.0975 e. The lowest BCUT2D eigenvalue weighted by atomic mass is 10.1. The zero-order chi connectivity index (χ0) is 15.5. The first-order valence-corrected chi connectivity index (χ1v) is 8.54. The van der Waals surface area contributed by atoms with Crippen molar-refractivity contribution in [3.05, 3.63) is 50.4 Å². The third kappa shape index (κ3) is 5.10. The molecule has 0 atom stereocenters. The van der Waals surface area contributed by atoms with Gasteiger partial charge in [0.1, 0.15) is 0 Å². The second-order valence-electron chi connectivity index (χ2n) is 6.24. The number of benzene rings is 1. The summed E-state index contributed by atoms with van der Waals surface area (Å²) < 4.78 is 0. The maximum absolute atomic E-state index is 5.93. The molecule has 0 aliphatic carbocycles. The van der Waals surface area contributed by atoms with Gasteiger partial charge in [-0.25, -0.2) is 4.98 Å². The van der Waals surface area contributed by atoms with Crippen molar-refractivity contribution < 1.29 is 0 Å². The van der Waals surface area contributed by atoms with Gasteiger partial charge in [-0.05, 0) is 44.9 Å². The summed E-state index contributed by atoms with van der Waals surface area (Å²) in [5, 5.41) is 5.51. The average Bonchev–Trinajstić information content (AvgIpc) is 2.80. The first-order chi connectivity index (χ1) is 9.87. The highest BCUT2D eigenvalue weighted by atomic mass is 35.5. The zero-order valence-electron chi connectivity index (χ0n) is 13.2. The van der Waals surface area contributed by atoms with Crippen LogP contribution in [0.4, 0.5) is 0 Å². The van der Waals surface area contributed by atoms with Crippen LogP contribution in [0.5, 0.6) is 0 Å². The number of hydrogen-bond acceptors (Lipinski definition) is 3. The summed E-state index contributed by atoms with van der Waals surface area (Å²) in [7, 11) is 0. The molecule has 2 nitrogen and oxygen atoms in total. The predicted octanol–water partition coefficient (Wildman–Crippen LogP) is 4.84. The molecule has 0 fully saturated rings. The van der Waals surface area contributed by atoms with E-state index in [1.807, 2.05) is 23.5 Å². The summed E-state index contributed by atoms with van der Waals surface area (Å²) in [5.41, 5.74) is 2.61. The van der Waals surface area contributed by atoms with E-state index in [2.05, 4.69) is 45.1 Å². The lowest BCUT2D eigenvalue weighted by Crippen LogP contribution is -2.35. The highest BCUT2D eigenvalue weighted by Crippen LogP contribution is 2.23. The van der Waals surface area contributed by atoms with Crippen LogP contribution >= 0.6 is 22.9 Å². The van der Waals surface area contributed by atoms with E-state index in [0.29, 0.717) is 0 Å². The van der Waals surface area contributed by atoms with Crippen LogP contribution in [0.1, 0.15) is 48.8 Å². The van der Waals surface area contributed by atoms with Crippen LogP contribution in [0.15, 0.2) is 24.3 Å². The Balaban J connectivity index is 2.10. The van der Waals surface area contributed by atoms with E-state index in [0.717, 1.165) is 24.4 Å². The predicted molar refractivity (Wildman–Crippen MR) is 92.3 cm³/mol. The van der Waals surface area contributed by atoms with Crippen molar-refractivity contribution in [1.29, 1.82) is 0 Å². The summed E-state index contributed by atoms with van der Waals surface area (Å²) in [4.78, 5) is 6.15. The number of nitrogens with one attached hydrogen (secondary N) is 1. The van der Waals surface area contributed by atoms with Gasteiger partial charge < -0.3 is 5.32 Å². The van der Waals surface area contributed by atoms with Crippen molar-refractivity contribution >= 4 is 22.9 Å². The second kappa shape index (κ2) is 6.91. The summed E-state index contributed by atoms with van der Waals surface area (Å²) in [5.74, 6) is 0. The van der Waals surface area contributed by atoms with Gasteiger partial charge in [-0.2, -0.15) is 0 Å². The molecule has 1 heterocycles. The van der Waals surface area contributed by atoms with Gasteiger partial charge in [0.25, 0.3) is 0 Å². The fourth-order valence-electron chi connectivity index (χ4n) is 2.05. The monoisotopic (exact) mass is 322 g/mol. The van der Waals surface area contributed by atoms with Gasteiger partial charge in [-0.1, -0.05) is 30.7 Å². The first-order valence-electron chi connectivity index (χ1n) is 7.34. The molecule has 0 bridgehead atoms. The van der Waals surface area contributed by atoms with E-state index in [1.54, 1.807) is 0 Å². The maximum atomic E-state index is 5.93. The Labute approximate surface area is 136 Å². The summed E-state index contributed by atoms with van der Waals surface area (Å²) in [6.45, 7) is 9.63. The van der Waals surface area contributed by atoms with Gasteiger partial charge in [-0.3, -0.25) is 0 Å². The third-order valence-electron chi connectivity index (χ3n) is 3.21. The molecule has 0 amide bonds. The average molecular weight is 323 g/mol. The van der Waals surface area contributed by atoms with E-state index in [-0.39, 0.29) is 5.54 Å². The van der Waals surface area contributed by atoms with E-state index in [1.165, 1.54) is 21.1 Å². The summed E-state index contributed by atoms with van der Waals surface area (Å²) >= 11 is 7.75. The fraction of sp³-hybridized carbons (Fsp3) is 0.471. The standard InChI is InChI=1S/C17H23ClN2S/c1-5-14-15(11-19-17(2,3)4)21-16(20-14)10-12-6-8-13(18)9-7-12/h6-9,19H,5,10-11H2,1-4H3. The highest BCUT2D eigenvalue weighted by molar-refractivity contribution is 7.11. The number of hydrogen-bond donors (Lipinski definition) is 1. The topological polar surface area (TPSA) is 24.9 Å². The van der Waals surface area contributed by atoms with Crippen LogP contribution in [-0.2, 0) is 19.4 Å². The Morgan fingerprint density at radius 2 is 1.86 bits per heavy atom. The van der Waals surface area contributed by atoms with E-state index in [9.17, 15) is 0 Å². The molecule has 2 aromatic rings. The quantitative estimate of drug-likeness (QED) is 0.852. The Bertz CT molecular complexity index is 582. The number of rotatable bonds is 5. The normalized spacial score (nSPS) is 11.9. The Hall–Kier alpha value is -0.900. The molecule has 114 valence electrons. The van der Waals surface area contributed by atoms with Crippen LogP contribution in [0.3, 0.4) is 0 Å². The molecule has 2 rings (SSSR count). The molecule has 0 spiro atoms. The Morgan fingerprint density at radius 1 is 1.19 bits per heavy atom. The highest BCUT2D eigenvalue weighted by Gasteiger charge is 2.14. The molecule has 1 aromatic heterocycles. The van der Waals surface area contributed by atoms with Crippen LogP contribution in [0.2, 0.25) is 5.02 Å². The molecule has 0 aliphatic rings. The van der Waals surface area contributed by atoms with Crippen molar-refractivity contribution in [3.63, 3.8) is 0 Å². The van der Waals surface area contributed by atoms with Crippen LogP contribution in [0.25, 0.3) is 0 Å². The van der Waals surface area contributed by atoms with Gasteiger partial charge >= 0.3 is 0 Å². The van der Waals surface area contributed by atoms with Crippen molar-refractivity contribution in [3.8, 4) is 0 Å². The summed E-state index contributed by atoms with van der Waals surface area (Å²) in [6.07, 6.45) is 1.86. The molecule has 0 radical (unpaired) electrons. The van der Waals surface area contributed by atoms with Crippen molar-refractivity contribution in [2.24, 2.45) is 0 Å². The number of aryl methyl sites for hydroxylation is 1. The molecular formula is C17H23ClN2S. The third-order valence-corrected chi connectivity index (χ3v) is 4.55. The number of aromatic nitrogens is 1. The van der Waals surface area contributed by atoms with E-state index in [4.69, 9.17) is 16.6 Å². The molecule has 21 heavy (non-hydrogen) atoms. The van der Waals surface area contributed by atoms with Gasteiger partial charge in [0.05, 0.1) is 10.7 Å². The van der Waals surface area contributed by atoms with Crippen molar-refractivity contribution in [1.82, 2.24) is 10.3 Å². The smallest absolute Gasteiger partial charge is 0.0975 e. The largest absolute Gasteiger partial charge is 0.307 e. The van der Waals surface area contributed by atoms with E-state index >= 15 is 0 Å². The van der Waals surface area contributed by atoms with Crippen LogP contribution in [0, 0.1) is 0 Å². The van der Waals surface area contributed by atoms with Crippen LogP contribution in [-0.4, -0.2) is 10.5 Å². The Morgan fingerprint density at radius 3 is 2.43 bits per heavy atom. The Kier molecular flexibility index (Phi) is 5.42. The molecule has 0 saturated carbocycles. The summed E-state index contributed by atoms with van der Waals surface area (Å²) in [6, 6.07) is 8.02. The minimum absolute atomic E-state index is 0.130. The second-order valence-corrected chi connectivity index (χ2v) is 7.84. The van der Waals surface area contributed by atoms with E-state index < -0.39 is 0 Å². The molecule has 0 unspecified atom stereocenters. The molecule has 1 N–H and O–H groups in total. The van der Waals surface area contributed by atoms with Gasteiger partial charge in [0.2, 0.25) is 0 Å². The van der Waals surface area contributed by atoms with Crippen LogP contribution < -0.4 is 5.32 Å². The minimum Gasteiger partial charge on any atom is -0.307 e. The first kappa shape index (κ1) is 16.5.